The number of benzene rings is 3. The van der Waals surface area contributed by atoms with Gasteiger partial charge in [0.25, 0.3) is 15.9 Å². The number of ether oxygens (including phenoxy) is 1. The molecule has 10 nitrogen and oxygen atoms in total. The second-order valence-corrected chi connectivity index (χ2v) is 13.1. The smallest absolute Gasteiger partial charge is 0.344 e. The Morgan fingerprint density at radius 2 is 1.60 bits per heavy atom. The summed E-state index contributed by atoms with van der Waals surface area (Å²) in [5.41, 5.74) is 0.125. The lowest BCUT2D eigenvalue weighted by atomic mass is 10.0. The predicted molar refractivity (Wildman–Crippen MR) is 165 cm³/mol. The third kappa shape index (κ3) is 5.58. The number of carbonyl (C=O) groups is 1. The Hall–Kier alpha value is -3.64. The Bertz CT molecular complexity index is 1780. The van der Waals surface area contributed by atoms with Crippen molar-refractivity contribution in [3.8, 4) is 5.75 Å². The molecule has 43 heavy (non-hydrogen) atoms. The number of imidazole rings is 1. The van der Waals surface area contributed by atoms with E-state index >= 15 is 0 Å². The van der Waals surface area contributed by atoms with Crippen molar-refractivity contribution in [1.82, 2.24) is 23.7 Å². The molecule has 0 bridgehead atoms. The van der Waals surface area contributed by atoms with Gasteiger partial charge in [-0.25, -0.2) is 13.2 Å². The van der Waals surface area contributed by atoms with Gasteiger partial charge in [0.2, 0.25) is 0 Å². The van der Waals surface area contributed by atoms with E-state index in [4.69, 9.17) is 16.3 Å². The lowest BCUT2D eigenvalue weighted by Gasteiger charge is -2.41. The maximum atomic E-state index is 14.4. The second-order valence-electron chi connectivity index (χ2n) is 10.9. The fourth-order valence-corrected chi connectivity index (χ4v) is 7.75. The highest BCUT2D eigenvalue weighted by molar-refractivity contribution is 7.90. The lowest BCUT2D eigenvalue weighted by Crippen LogP contribution is -2.55. The molecule has 2 saturated heterocycles. The van der Waals surface area contributed by atoms with Crippen molar-refractivity contribution in [2.45, 2.75) is 29.8 Å². The number of methoxy groups -OCH3 is 1. The van der Waals surface area contributed by atoms with Crippen LogP contribution in [0.25, 0.3) is 11.0 Å². The normalized spacial score (nSPS) is 17.7. The molecule has 2 fully saturated rings. The van der Waals surface area contributed by atoms with Crippen LogP contribution in [0.1, 0.15) is 24.4 Å². The molecule has 0 radical (unpaired) electrons. The highest BCUT2D eigenvalue weighted by Gasteiger charge is 2.36. The van der Waals surface area contributed by atoms with Gasteiger partial charge in [-0.15, -0.1) is 0 Å². The van der Waals surface area contributed by atoms with Gasteiger partial charge in [0.15, 0.2) is 0 Å². The minimum absolute atomic E-state index is 0.0824. The summed E-state index contributed by atoms with van der Waals surface area (Å²) in [6.45, 7) is 4.51. The molecule has 0 saturated carbocycles. The van der Waals surface area contributed by atoms with Crippen molar-refractivity contribution in [2.75, 3.05) is 46.4 Å². The molecule has 12 heteroatoms. The van der Waals surface area contributed by atoms with Crippen LogP contribution in [0, 0.1) is 0 Å². The summed E-state index contributed by atoms with van der Waals surface area (Å²) >= 11 is 6.39. The zero-order valence-corrected chi connectivity index (χ0v) is 25.4. The van der Waals surface area contributed by atoms with Crippen molar-refractivity contribution in [1.29, 1.82) is 0 Å². The molecule has 6 rings (SSSR count). The van der Waals surface area contributed by atoms with Gasteiger partial charge < -0.3 is 15.0 Å². The molecule has 0 aliphatic carbocycles. The minimum atomic E-state index is -4.35. The number of nitrogens with one attached hydrogen (secondary N) is 1. The number of halogens is 1. The number of piperidine rings is 1. The molecular formula is C31H34ClN5O5S. The number of rotatable bonds is 7. The molecule has 1 atom stereocenters. The molecule has 1 aromatic heterocycles. The van der Waals surface area contributed by atoms with Gasteiger partial charge in [-0.3, -0.25) is 14.3 Å². The fraction of sp³-hybridized carbons (Fsp3) is 0.355. The Labute approximate surface area is 255 Å². The third-order valence-electron chi connectivity index (χ3n) is 8.45. The maximum absolute atomic E-state index is 14.4. The molecule has 2 aliphatic rings. The van der Waals surface area contributed by atoms with Crippen molar-refractivity contribution in [3.63, 3.8) is 0 Å². The zero-order chi connectivity index (χ0) is 30.1. The van der Waals surface area contributed by atoms with E-state index in [1.165, 1.54) is 54.1 Å². The van der Waals surface area contributed by atoms with Crippen LogP contribution in [0.15, 0.2) is 82.5 Å². The van der Waals surface area contributed by atoms with Crippen LogP contribution in [-0.2, 0) is 14.8 Å². The monoisotopic (exact) mass is 623 g/mol. The third-order valence-corrected chi connectivity index (χ3v) is 10.4. The van der Waals surface area contributed by atoms with Crippen molar-refractivity contribution in [3.05, 3.63) is 93.9 Å². The van der Waals surface area contributed by atoms with E-state index < -0.39 is 21.8 Å². The summed E-state index contributed by atoms with van der Waals surface area (Å²) in [5.74, 6) is 0.217. The molecule has 3 aromatic carbocycles. The van der Waals surface area contributed by atoms with Gasteiger partial charge in [0, 0.05) is 37.2 Å². The molecule has 4 aromatic rings. The number of fused-ring (bicyclic) bond motifs is 1. The number of hydrogen-bond acceptors (Lipinski definition) is 7. The van der Waals surface area contributed by atoms with Crippen LogP contribution in [-0.4, -0.2) is 85.1 Å². The van der Waals surface area contributed by atoms with E-state index in [2.05, 4.69) is 10.2 Å². The molecule has 1 amide bonds. The van der Waals surface area contributed by atoms with Crippen LogP contribution in [0.3, 0.4) is 0 Å². The van der Waals surface area contributed by atoms with Gasteiger partial charge in [0.1, 0.15) is 11.8 Å². The topological polar surface area (TPSA) is 106 Å². The van der Waals surface area contributed by atoms with Crippen molar-refractivity contribution in [2.24, 2.45) is 0 Å². The minimum Gasteiger partial charge on any atom is -0.497 e. The van der Waals surface area contributed by atoms with E-state index in [1.54, 1.807) is 29.2 Å². The molecule has 2 aliphatic heterocycles. The number of amides is 1. The van der Waals surface area contributed by atoms with Crippen LogP contribution < -0.4 is 15.7 Å². The lowest BCUT2D eigenvalue weighted by molar-refractivity contribution is -0.135. The molecular weight excluding hydrogens is 590 g/mol. The van der Waals surface area contributed by atoms with E-state index in [0.29, 0.717) is 35.5 Å². The van der Waals surface area contributed by atoms with Gasteiger partial charge in [-0.2, -0.15) is 3.97 Å². The van der Waals surface area contributed by atoms with Crippen LogP contribution >= 0.6 is 11.6 Å². The number of piperazine rings is 1. The number of aromatic nitrogens is 2. The fourth-order valence-electron chi connectivity index (χ4n) is 6.19. The summed E-state index contributed by atoms with van der Waals surface area (Å²) in [5, 5.41) is 3.72. The summed E-state index contributed by atoms with van der Waals surface area (Å²) in [6.07, 6.45) is 2.16. The largest absolute Gasteiger partial charge is 0.497 e. The molecule has 3 heterocycles. The highest BCUT2D eigenvalue weighted by Crippen LogP contribution is 2.30. The standard InChI is InChI=1S/C31H34ClN5O5S/c1-42-25-8-10-26(11-9-25)43(40,41)37-27-12-7-23(32)21-28(27)36(31(37)39)29(22-5-3-2-4-6-22)30(38)35-19-17-34(18-20-35)24-13-15-33-16-14-24/h2-12,21,24,29,33H,13-20H2,1H3. The summed E-state index contributed by atoms with van der Waals surface area (Å²) in [4.78, 5) is 32.8. The SMILES string of the molecule is COc1ccc(S(=O)(=O)n2c(=O)n(C(C(=O)N3CCN(C4CCNCC4)CC3)c3ccccc3)c3cc(Cl)ccc32)cc1. The number of hydrogen-bond donors (Lipinski definition) is 1. The predicted octanol–water partition coefficient (Wildman–Crippen LogP) is 3.19. The number of nitrogens with zero attached hydrogens (tertiary/aromatic N) is 4. The Balaban J connectivity index is 1.44. The Kier molecular flexibility index (Phi) is 8.32. The van der Waals surface area contributed by atoms with Crippen molar-refractivity contribution < 1.29 is 17.9 Å². The van der Waals surface area contributed by atoms with Crippen molar-refractivity contribution >= 4 is 38.6 Å². The van der Waals surface area contributed by atoms with E-state index in [1.807, 2.05) is 6.07 Å². The molecule has 1 unspecified atom stereocenters. The first kappa shape index (κ1) is 29.4. The zero-order valence-electron chi connectivity index (χ0n) is 23.9. The van der Waals surface area contributed by atoms with Gasteiger partial charge in [-0.1, -0.05) is 41.9 Å². The van der Waals surface area contributed by atoms with Gasteiger partial charge >= 0.3 is 5.69 Å². The van der Waals surface area contributed by atoms with E-state index in [-0.39, 0.29) is 21.8 Å². The Morgan fingerprint density at radius 3 is 2.26 bits per heavy atom. The van der Waals surface area contributed by atoms with Crippen LogP contribution in [0.4, 0.5) is 0 Å². The average Bonchev–Trinajstić information content (AvgIpc) is 3.33. The average molecular weight is 624 g/mol. The second kappa shape index (κ2) is 12.2. The number of carbonyl (C=O) groups excluding carboxylic acids is 1. The van der Waals surface area contributed by atoms with Crippen LogP contribution in [0.2, 0.25) is 5.02 Å². The van der Waals surface area contributed by atoms with E-state index in [9.17, 15) is 18.0 Å². The summed E-state index contributed by atoms with van der Waals surface area (Å²) < 4.78 is 35.1. The Morgan fingerprint density at radius 1 is 0.930 bits per heavy atom. The first-order valence-electron chi connectivity index (χ1n) is 14.4. The van der Waals surface area contributed by atoms with E-state index in [0.717, 1.165) is 43.0 Å². The quantitative estimate of drug-likeness (QED) is 0.337. The summed E-state index contributed by atoms with van der Waals surface area (Å²) in [6, 6.07) is 18.8. The first-order valence-corrected chi connectivity index (χ1v) is 16.2. The molecule has 226 valence electrons. The molecule has 1 N–H and O–H groups in total. The highest BCUT2D eigenvalue weighted by atomic mass is 35.5. The first-order chi connectivity index (χ1) is 20.8. The van der Waals surface area contributed by atoms with Crippen LogP contribution in [0.5, 0.6) is 5.75 Å². The summed E-state index contributed by atoms with van der Waals surface area (Å²) in [7, 11) is -2.87. The maximum Gasteiger partial charge on any atom is 0.344 e. The van der Waals surface area contributed by atoms with Gasteiger partial charge in [-0.05, 0) is 74.0 Å². The molecule has 0 spiro atoms. The van der Waals surface area contributed by atoms with Gasteiger partial charge in [0.05, 0.1) is 23.0 Å².